The van der Waals surface area contributed by atoms with Gasteiger partial charge in [0.05, 0.1) is 12.7 Å². The summed E-state index contributed by atoms with van der Waals surface area (Å²) in [6.07, 6.45) is 0.152. The maximum absolute atomic E-state index is 10.2. The number of hydrogen-bond donors (Lipinski definition) is 2. The second-order valence-electron chi connectivity index (χ2n) is 6.86. The molecule has 2 N–H and O–H groups in total. The molecule has 0 aliphatic carbocycles. The van der Waals surface area contributed by atoms with Crippen LogP contribution in [0.5, 0.6) is 11.5 Å². The zero-order chi connectivity index (χ0) is 19.0. The van der Waals surface area contributed by atoms with E-state index in [2.05, 4.69) is 25.2 Å². The van der Waals surface area contributed by atoms with E-state index in [1.807, 2.05) is 24.3 Å². The highest BCUT2D eigenvalue weighted by Gasteiger charge is 2.19. The van der Waals surface area contributed by atoms with Crippen LogP contribution in [-0.4, -0.2) is 37.0 Å². The summed E-state index contributed by atoms with van der Waals surface area (Å²) >= 11 is 0. The number of benzene rings is 2. The topological polar surface area (TPSA) is 74.5 Å². The monoisotopic (exact) mass is 390 g/mol. The number of halogens is 1. The van der Waals surface area contributed by atoms with Crippen molar-refractivity contribution in [1.29, 1.82) is 5.26 Å². The predicted molar refractivity (Wildman–Crippen MR) is 109 cm³/mol. The molecular formula is C21H27ClN2O3. The summed E-state index contributed by atoms with van der Waals surface area (Å²) in [7, 11) is 1.65. The van der Waals surface area contributed by atoms with E-state index in [1.54, 1.807) is 31.4 Å². The van der Waals surface area contributed by atoms with Crippen LogP contribution in [0.15, 0.2) is 48.5 Å². The number of aliphatic hydroxyl groups is 1. The first-order chi connectivity index (χ1) is 12.4. The van der Waals surface area contributed by atoms with Crippen LogP contribution < -0.4 is 14.8 Å². The number of methoxy groups -OCH3 is 1. The van der Waals surface area contributed by atoms with Crippen molar-refractivity contribution < 1.29 is 14.6 Å². The summed E-state index contributed by atoms with van der Waals surface area (Å²) in [5.74, 6) is 1.33. The second kappa shape index (κ2) is 10.8. The molecule has 0 radical (unpaired) electrons. The molecule has 0 saturated heterocycles. The number of aliphatic hydroxyl groups excluding tert-OH is 1. The van der Waals surface area contributed by atoms with E-state index in [0.717, 1.165) is 12.2 Å². The molecule has 5 nitrogen and oxygen atoms in total. The normalized spacial score (nSPS) is 11.8. The number of nitriles is 1. The van der Waals surface area contributed by atoms with Crippen molar-refractivity contribution in [3.05, 3.63) is 59.7 Å². The highest BCUT2D eigenvalue weighted by Crippen LogP contribution is 2.18. The standard InChI is InChI=1S/C21H26N2O3.ClH/c1-21(2,12-16-8-10-19(25-3)11-9-16)23-14-18(24)15-26-20-7-5-4-6-17(20)13-22;/h4-11,18,23-24H,12,14-15H2,1-3H3;1H/t18-;/m1./s1. The third-order valence-corrected chi connectivity index (χ3v) is 4.06. The zero-order valence-corrected chi connectivity index (χ0v) is 16.8. The van der Waals surface area contributed by atoms with Gasteiger partial charge in [-0.1, -0.05) is 24.3 Å². The zero-order valence-electron chi connectivity index (χ0n) is 15.9. The molecule has 2 aromatic carbocycles. The van der Waals surface area contributed by atoms with Crippen molar-refractivity contribution in [1.82, 2.24) is 5.32 Å². The average molecular weight is 391 g/mol. The van der Waals surface area contributed by atoms with E-state index >= 15 is 0 Å². The molecule has 0 saturated carbocycles. The quantitative estimate of drug-likeness (QED) is 0.686. The van der Waals surface area contributed by atoms with Gasteiger partial charge in [0.25, 0.3) is 0 Å². The number of β-amino-alcohol motifs (C(OH)–C–C–N with tert-alkyl or cyclic N) is 1. The molecule has 0 aromatic heterocycles. The smallest absolute Gasteiger partial charge is 0.137 e. The van der Waals surface area contributed by atoms with Gasteiger partial charge in [-0.3, -0.25) is 0 Å². The van der Waals surface area contributed by atoms with Gasteiger partial charge in [-0.05, 0) is 50.1 Å². The predicted octanol–water partition coefficient (Wildman–Crippen LogP) is 3.34. The number of hydrogen-bond acceptors (Lipinski definition) is 5. The highest BCUT2D eigenvalue weighted by atomic mass is 35.5. The van der Waals surface area contributed by atoms with E-state index < -0.39 is 6.10 Å². The van der Waals surface area contributed by atoms with Crippen molar-refractivity contribution in [3.63, 3.8) is 0 Å². The van der Waals surface area contributed by atoms with Gasteiger partial charge in [-0.25, -0.2) is 0 Å². The van der Waals surface area contributed by atoms with Gasteiger partial charge in [-0.2, -0.15) is 5.26 Å². The molecule has 0 fully saturated rings. The molecule has 2 rings (SSSR count). The number of nitrogens with zero attached hydrogens (tertiary/aromatic N) is 1. The van der Waals surface area contributed by atoms with E-state index in [0.29, 0.717) is 17.9 Å². The van der Waals surface area contributed by atoms with Gasteiger partial charge in [0.1, 0.15) is 30.3 Å². The maximum atomic E-state index is 10.2. The SMILES string of the molecule is COc1ccc(CC(C)(C)NC[C@@H](O)COc2ccccc2C#N)cc1.Cl. The minimum absolute atomic E-state index is 0. The highest BCUT2D eigenvalue weighted by molar-refractivity contribution is 5.85. The first-order valence-corrected chi connectivity index (χ1v) is 8.61. The fourth-order valence-electron chi connectivity index (χ4n) is 2.64. The molecule has 0 unspecified atom stereocenters. The Labute approximate surface area is 167 Å². The van der Waals surface area contributed by atoms with Gasteiger partial charge in [0.2, 0.25) is 0 Å². The Morgan fingerprint density at radius 2 is 1.81 bits per heavy atom. The summed E-state index contributed by atoms with van der Waals surface area (Å²) in [5.41, 5.74) is 1.48. The molecule has 1 atom stereocenters. The van der Waals surface area contributed by atoms with Crippen molar-refractivity contribution in [3.8, 4) is 17.6 Å². The van der Waals surface area contributed by atoms with Crippen molar-refractivity contribution >= 4 is 12.4 Å². The number of para-hydroxylation sites is 1. The molecule has 0 bridgehead atoms. The summed E-state index contributed by atoms with van der Waals surface area (Å²) in [5, 5.41) is 22.6. The van der Waals surface area contributed by atoms with Gasteiger partial charge in [-0.15, -0.1) is 12.4 Å². The first-order valence-electron chi connectivity index (χ1n) is 8.61. The van der Waals surface area contributed by atoms with Gasteiger partial charge >= 0.3 is 0 Å². The lowest BCUT2D eigenvalue weighted by atomic mass is 9.94. The molecular weight excluding hydrogens is 364 g/mol. The molecule has 0 spiro atoms. The van der Waals surface area contributed by atoms with Crippen LogP contribution in [0.3, 0.4) is 0 Å². The Hall–Kier alpha value is -2.26. The molecule has 2 aromatic rings. The van der Waals surface area contributed by atoms with E-state index in [1.165, 1.54) is 5.56 Å². The van der Waals surface area contributed by atoms with Crippen LogP contribution in [0, 0.1) is 11.3 Å². The molecule has 0 aliphatic heterocycles. The minimum Gasteiger partial charge on any atom is -0.497 e. The van der Waals surface area contributed by atoms with E-state index in [9.17, 15) is 5.11 Å². The lowest BCUT2D eigenvalue weighted by molar-refractivity contribution is 0.0987. The molecule has 146 valence electrons. The van der Waals surface area contributed by atoms with Crippen LogP contribution in [0.4, 0.5) is 0 Å². The molecule has 0 heterocycles. The lowest BCUT2D eigenvalue weighted by Gasteiger charge is -2.28. The maximum Gasteiger partial charge on any atom is 0.137 e. The Morgan fingerprint density at radius 3 is 2.44 bits per heavy atom. The average Bonchev–Trinajstić information content (AvgIpc) is 2.65. The van der Waals surface area contributed by atoms with Crippen molar-refractivity contribution in [2.24, 2.45) is 0 Å². The largest absolute Gasteiger partial charge is 0.497 e. The Morgan fingerprint density at radius 1 is 1.15 bits per heavy atom. The number of nitrogens with one attached hydrogen (secondary N) is 1. The minimum atomic E-state index is -0.670. The fourth-order valence-corrected chi connectivity index (χ4v) is 2.64. The van der Waals surface area contributed by atoms with Crippen LogP contribution in [-0.2, 0) is 6.42 Å². The van der Waals surface area contributed by atoms with Crippen LogP contribution in [0.2, 0.25) is 0 Å². The fraction of sp³-hybridized carbons (Fsp3) is 0.381. The summed E-state index contributed by atoms with van der Waals surface area (Å²) in [6, 6.07) is 17.1. The van der Waals surface area contributed by atoms with E-state index in [4.69, 9.17) is 14.7 Å². The number of rotatable bonds is 9. The summed E-state index contributed by atoms with van der Waals surface area (Å²) in [6.45, 7) is 4.72. The van der Waals surface area contributed by atoms with Gasteiger partial charge in [0, 0.05) is 12.1 Å². The van der Waals surface area contributed by atoms with Crippen LogP contribution in [0.25, 0.3) is 0 Å². The number of ether oxygens (including phenoxy) is 2. The summed E-state index contributed by atoms with van der Waals surface area (Å²) in [4.78, 5) is 0. The Bertz CT molecular complexity index is 742. The molecule has 0 amide bonds. The van der Waals surface area contributed by atoms with Crippen LogP contribution >= 0.6 is 12.4 Å². The van der Waals surface area contributed by atoms with E-state index in [-0.39, 0.29) is 24.6 Å². The Kier molecular flexibility index (Phi) is 9.10. The lowest BCUT2D eigenvalue weighted by Crippen LogP contribution is -2.46. The van der Waals surface area contributed by atoms with Crippen molar-refractivity contribution in [2.45, 2.75) is 31.9 Å². The molecule has 27 heavy (non-hydrogen) atoms. The molecule has 0 aliphatic rings. The Balaban J connectivity index is 0.00000364. The summed E-state index contributed by atoms with van der Waals surface area (Å²) < 4.78 is 10.7. The van der Waals surface area contributed by atoms with Gasteiger partial charge < -0.3 is 19.9 Å². The van der Waals surface area contributed by atoms with Gasteiger partial charge in [0.15, 0.2) is 0 Å². The van der Waals surface area contributed by atoms with Crippen molar-refractivity contribution in [2.75, 3.05) is 20.3 Å². The third-order valence-electron chi connectivity index (χ3n) is 4.06. The second-order valence-corrected chi connectivity index (χ2v) is 6.86. The third kappa shape index (κ3) is 7.48. The first kappa shape index (κ1) is 22.8. The van der Waals surface area contributed by atoms with Crippen LogP contribution in [0.1, 0.15) is 25.0 Å². The molecule has 6 heteroatoms.